The number of nitriles is 1. The highest BCUT2D eigenvalue weighted by atomic mass is 16.5. The maximum absolute atomic E-state index is 13.0. The van der Waals surface area contributed by atoms with Gasteiger partial charge in [-0.05, 0) is 44.5 Å². The highest BCUT2D eigenvalue weighted by Gasteiger charge is 2.38. The van der Waals surface area contributed by atoms with Gasteiger partial charge < -0.3 is 24.9 Å². The molecule has 1 atom stereocenters. The zero-order chi connectivity index (χ0) is 22.5. The Morgan fingerprint density at radius 1 is 1.26 bits per heavy atom. The Labute approximate surface area is 179 Å². The first-order valence-corrected chi connectivity index (χ1v) is 10.2. The van der Waals surface area contributed by atoms with Crippen molar-refractivity contribution in [2.24, 2.45) is 5.73 Å². The van der Waals surface area contributed by atoms with E-state index < -0.39 is 17.4 Å². The minimum absolute atomic E-state index is 0.00582. The molecule has 1 unspecified atom stereocenters. The first kappa shape index (κ1) is 22.0. The van der Waals surface area contributed by atoms with Gasteiger partial charge in [-0.15, -0.1) is 0 Å². The van der Waals surface area contributed by atoms with Crippen molar-refractivity contribution >= 4 is 16.9 Å². The molecule has 3 N–H and O–H groups in total. The number of rotatable bonds is 7. The van der Waals surface area contributed by atoms with E-state index in [1.165, 1.54) is 0 Å². The lowest BCUT2D eigenvalue weighted by molar-refractivity contribution is -0.139. The van der Waals surface area contributed by atoms with Crippen LogP contribution >= 0.6 is 0 Å². The summed E-state index contributed by atoms with van der Waals surface area (Å²) in [6.07, 6.45) is 1.08. The van der Waals surface area contributed by atoms with Crippen LogP contribution in [0.1, 0.15) is 45.1 Å². The molecule has 3 rings (SSSR count). The largest absolute Gasteiger partial charge is 0.494 e. The third kappa shape index (κ3) is 4.26. The number of carbonyl (C=O) groups excluding carboxylic acids is 1. The van der Waals surface area contributed by atoms with Crippen LogP contribution in [0, 0.1) is 11.3 Å². The number of nitrogens with one attached hydrogen (secondary N) is 1. The summed E-state index contributed by atoms with van der Waals surface area (Å²) in [6.45, 7) is 6.12. The van der Waals surface area contributed by atoms with Gasteiger partial charge in [-0.1, -0.05) is 6.92 Å². The summed E-state index contributed by atoms with van der Waals surface area (Å²) in [4.78, 5) is 28.7. The molecular formula is C23H25N3O5. The Kier molecular flexibility index (Phi) is 6.65. The Bertz CT molecular complexity index is 1170. The number of carbonyl (C=O) groups is 1. The van der Waals surface area contributed by atoms with E-state index in [2.05, 4.69) is 4.98 Å². The Balaban J connectivity index is 2.28. The predicted molar refractivity (Wildman–Crippen MR) is 115 cm³/mol. The number of pyridine rings is 1. The summed E-state index contributed by atoms with van der Waals surface area (Å²) in [6, 6.07) is 8.96. The van der Waals surface area contributed by atoms with Gasteiger partial charge in [0.25, 0.3) is 5.56 Å². The van der Waals surface area contributed by atoms with Gasteiger partial charge >= 0.3 is 5.97 Å². The number of benzene rings is 1. The van der Waals surface area contributed by atoms with Crippen LogP contribution in [-0.4, -0.2) is 24.2 Å². The first-order valence-electron chi connectivity index (χ1n) is 10.2. The van der Waals surface area contributed by atoms with Crippen LogP contribution in [0.3, 0.4) is 0 Å². The summed E-state index contributed by atoms with van der Waals surface area (Å²) in [5.41, 5.74) is 6.52. The van der Waals surface area contributed by atoms with Gasteiger partial charge in [0.2, 0.25) is 5.88 Å². The third-order valence-electron chi connectivity index (χ3n) is 4.94. The number of nitrogens with zero attached hydrogens (tertiary/aromatic N) is 1. The Morgan fingerprint density at radius 2 is 2.03 bits per heavy atom. The Morgan fingerprint density at radius 3 is 2.68 bits per heavy atom. The average Bonchev–Trinajstić information content (AvgIpc) is 2.73. The minimum atomic E-state index is -0.997. The fourth-order valence-electron chi connectivity index (χ4n) is 3.65. The molecular weight excluding hydrogens is 398 g/mol. The second-order valence-corrected chi connectivity index (χ2v) is 6.97. The lowest BCUT2D eigenvalue weighted by Gasteiger charge is -2.27. The van der Waals surface area contributed by atoms with Crippen LogP contribution in [0.5, 0.6) is 5.75 Å². The molecule has 0 bridgehead atoms. The average molecular weight is 423 g/mol. The predicted octanol–water partition coefficient (Wildman–Crippen LogP) is 3.35. The van der Waals surface area contributed by atoms with E-state index in [9.17, 15) is 14.9 Å². The quantitative estimate of drug-likeness (QED) is 0.654. The maximum atomic E-state index is 13.0. The molecule has 0 fully saturated rings. The van der Waals surface area contributed by atoms with Crippen LogP contribution in [-0.2, 0) is 14.3 Å². The molecule has 2 aromatic rings. The van der Waals surface area contributed by atoms with Crippen molar-refractivity contribution < 1.29 is 19.0 Å². The van der Waals surface area contributed by atoms with Crippen molar-refractivity contribution in [3.63, 3.8) is 0 Å². The van der Waals surface area contributed by atoms with Crippen molar-refractivity contribution in [1.29, 1.82) is 5.26 Å². The summed E-state index contributed by atoms with van der Waals surface area (Å²) >= 11 is 0. The number of ether oxygens (including phenoxy) is 3. The molecule has 31 heavy (non-hydrogen) atoms. The van der Waals surface area contributed by atoms with Crippen molar-refractivity contribution in [1.82, 2.24) is 4.98 Å². The van der Waals surface area contributed by atoms with Gasteiger partial charge in [0, 0.05) is 22.9 Å². The molecule has 0 saturated carbocycles. The van der Waals surface area contributed by atoms with Crippen LogP contribution in [0.4, 0.5) is 0 Å². The highest BCUT2D eigenvalue weighted by Crippen LogP contribution is 2.40. The standard InChI is InChI=1S/C23H25N3O5/c1-4-7-18-20(23(28)30-6-3)19(16(12-24)21(25)31-18)15-11-13-10-14(29-5-2)8-9-17(13)26-22(15)27/h8-11,19H,4-7,25H2,1-3H3,(H,26,27). The molecule has 2 heterocycles. The van der Waals surface area contributed by atoms with Gasteiger partial charge in [0.1, 0.15) is 23.2 Å². The molecule has 1 aromatic carbocycles. The lowest BCUT2D eigenvalue weighted by atomic mass is 9.82. The number of allylic oxidation sites excluding steroid dienone is 2. The number of nitrogens with two attached hydrogens (primary N) is 1. The first-order chi connectivity index (χ1) is 14.9. The number of hydrogen-bond donors (Lipinski definition) is 2. The smallest absolute Gasteiger partial charge is 0.338 e. The minimum Gasteiger partial charge on any atom is -0.494 e. The SMILES string of the molecule is CCCC1=C(C(=O)OCC)C(c2cc3cc(OCC)ccc3[nH]c2=O)C(C#N)=C(N)O1. The van der Waals surface area contributed by atoms with Crippen molar-refractivity contribution in [3.05, 3.63) is 63.0 Å². The van der Waals surface area contributed by atoms with E-state index in [1.807, 2.05) is 19.9 Å². The molecule has 0 radical (unpaired) electrons. The zero-order valence-corrected chi connectivity index (χ0v) is 17.8. The fraction of sp³-hybridized carbons (Fsp3) is 0.348. The molecule has 0 aliphatic carbocycles. The fourth-order valence-corrected chi connectivity index (χ4v) is 3.65. The van der Waals surface area contributed by atoms with Crippen molar-refractivity contribution in [2.45, 2.75) is 39.5 Å². The molecule has 162 valence electrons. The number of fused-ring (bicyclic) bond motifs is 1. The van der Waals surface area contributed by atoms with Crippen LogP contribution < -0.4 is 16.0 Å². The number of hydrogen-bond acceptors (Lipinski definition) is 7. The van der Waals surface area contributed by atoms with E-state index in [-0.39, 0.29) is 29.2 Å². The van der Waals surface area contributed by atoms with E-state index in [0.717, 1.165) is 0 Å². The van der Waals surface area contributed by atoms with Crippen LogP contribution in [0.2, 0.25) is 0 Å². The summed E-state index contributed by atoms with van der Waals surface area (Å²) in [5.74, 6) is -0.804. The van der Waals surface area contributed by atoms with Gasteiger partial charge in [-0.25, -0.2) is 4.79 Å². The zero-order valence-electron chi connectivity index (χ0n) is 17.8. The molecule has 8 nitrogen and oxygen atoms in total. The van der Waals surface area contributed by atoms with E-state index in [0.29, 0.717) is 41.9 Å². The number of H-pyrrole nitrogens is 1. The van der Waals surface area contributed by atoms with E-state index in [1.54, 1.807) is 31.2 Å². The topological polar surface area (TPSA) is 127 Å². The summed E-state index contributed by atoms with van der Waals surface area (Å²) < 4.78 is 16.4. The number of esters is 1. The molecule has 1 aliphatic rings. The van der Waals surface area contributed by atoms with Crippen LogP contribution in [0.15, 0.2) is 51.8 Å². The monoisotopic (exact) mass is 423 g/mol. The van der Waals surface area contributed by atoms with Gasteiger partial charge in [0.15, 0.2) is 0 Å². The molecule has 8 heteroatoms. The van der Waals surface area contributed by atoms with Crippen molar-refractivity contribution in [2.75, 3.05) is 13.2 Å². The molecule has 0 saturated heterocycles. The lowest BCUT2D eigenvalue weighted by Crippen LogP contribution is -2.29. The highest BCUT2D eigenvalue weighted by molar-refractivity contribution is 5.93. The van der Waals surface area contributed by atoms with Crippen molar-refractivity contribution in [3.8, 4) is 11.8 Å². The van der Waals surface area contributed by atoms with Gasteiger partial charge in [-0.2, -0.15) is 5.26 Å². The molecule has 1 aliphatic heterocycles. The maximum Gasteiger partial charge on any atom is 0.338 e. The van der Waals surface area contributed by atoms with E-state index >= 15 is 0 Å². The summed E-state index contributed by atoms with van der Waals surface area (Å²) in [7, 11) is 0. The molecule has 1 aromatic heterocycles. The van der Waals surface area contributed by atoms with Crippen LogP contribution in [0.25, 0.3) is 10.9 Å². The van der Waals surface area contributed by atoms with Gasteiger partial charge in [0.05, 0.1) is 24.7 Å². The Hall–Kier alpha value is -3.73. The second-order valence-electron chi connectivity index (χ2n) is 6.97. The summed E-state index contributed by atoms with van der Waals surface area (Å²) in [5, 5.41) is 10.5. The van der Waals surface area contributed by atoms with Gasteiger partial charge in [-0.3, -0.25) is 4.79 Å². The second kappa shape index (κ2) is 9.39. The molecule has 0 spiro atoms. The number of aromatic nitrogens is 1. The normalized spacial score (nSPS) is 16.1. The number of aromatic amines is 1. The van der Waals surface area contributed by atoms with E-state index in [4.69, 9.17) is 19.9 Å². The molecule has 0 amide bonds. The third-order valence-corrected chi connectivity index (χ3v) is 4.94.